The minimum absolute atomic E-state index is 0.152. The van der Waals surface area contributed by atoms with Crippen LogP contribution in [0.1, 0.15) is 50.0 Å². The van der Waals surface area contributed by atoms with Crippen LogP contribution in [-0.2, 0) is 6.42 Å². The molecule has 4 heteroatoms. The summed E-state index contributed by atoms with van der Waals surface area (Å²) in [5.74, 6) is -0.237. The molecular weight excluding hydrogens is 253 g/mol. The Hall–Kier alpha value is -1.68. The maximum atomic E-state index is 12.9. The van der Waals surface area contributed by atoms with Crippen molar-refractivity contribution in [3.05, 3.63) is 53.6 Å². The van der Waals surface area contributed by atoms with Crippen LogP contribution in [-0.4, -0.2) is 9.78 Å². The molecule has 0 saturated carbocycles. The van der Waals surface area contributed by atoms with Gasteiger partial charge in [-0.3, -0.25) is 4.68 Å². The van der Waals surface area contributed by atoms with E-state index >= 15 is 0 Å². The molecule has 3 nitrogen and oxygen atoms in total. The van der Waals surface area contributed by atoms with Gasteiger partial charge in [0, 0.05) is 18.7 Å². The highest BCUT2D eigenvalue weighted by Gasteiger charge is 2.12. The Balaban J connectivity index is 2.04. The summed E-state index contributed by atoms with van der Waals surface area (Å²) in [5.41, 5.74) is 8.07. The van der Waals surface area contributed by atoms with Crippen molar-refractivity contribution < 1.29 is 4.39 Å². The minimum Gasteiger partial charge on any atom is -0.324 e. The third-order valence-electron chi connectivity index (χ3n) is 3.71. The van der Waals surface area contributed by atoms with E-state index in [0.29, 0.717) is 12.5 Å². The van der Waals surface area contributed by atoms with Crippen molar-refractivity contribution in [1.82, 2.24) is 9.78 Å². The van der Waals surface area contributed by atoms with Crippen LogP contribution in [0.3, 0.4) is 0 Å². The maximum absolute atomic E-state index is 12.9. The number of halogens is 1. The molecule has 0 fully saturated rings. The monoisotopic (exact) mass is 275 g/mol. The van der Waals surface area contributed by atoms with Gasteiger partial charge >= 0.3 is 0 Å². The average molecular weight is 275 g/mol. The molecule has 0 amide bonds. The lowest BCUT2D eigenvalue weighted by atomic mass is 10.0. The van der Waals surface area contributed by atoms with Gasteiger partial charge < -0.3 is 5.73 Å². The Kier molecular flexibility index (Phi) is 4.90. The first-order chi connectivity index (χ1) is 9.63. The van der Waals surface area contributed by atoms with E-state index in [1.54, 1.807) is 12.1 Å². The highest BCUT2D eigenvalue weighted by atomic mass is 19.1. The summed E-state index contributed by atoms with van der Waals surface area (Å²) in [7, 11) is 0. The van der Waals surface area contributed by atoms with E-state index in [-0.39, 0.29) is 11.9 Å². The van der Waals surface area contributed by atoms with E-state index in [1.807, 2.05) is 16.9 Å². The Bertz CT molecular complexity index is 529. The Morgan fingerprint density at radius 1 is 1.15 bits per heavy atom. The highest BCUT2D eigenvalue weighted by Crippen LogP contribution is 2.18. The summed E-state index contributed by atoms with van der Waals surface area (Å²) in [6, 6.07) is 8.67. The second-order valence-electron chi connectivity index (χ2n) is 5.12. The van der Waals surface area contributed by atoms with E-state index in [1.165, 1.54) is 12.1 Å². The van der Waals surface area contributed by atoms with Crippen LogP contribution in [0.5, 0.6) is 0 Å². The first-order valence-corrected chi connectivity index (χ1v) is 7.19. The first kappa shape index (κ1) is 14.7. The Morgan fingerprint density at radius 2 is 1.80 bits per heavy atom. The fourth-order valence-electron chi connectivity index (χ4n) is 2.41. The zero-order valence-corrected chi connectivity index (χ0v) is 12.1. The summed E-state index contributed by atoms with van der Waals surface area (Å²) in [5, 5.41) is 4.60. The fourth-order valence-corrected chi connectivity index (χ4v) is 2.41. The second-order valence-corrected chi connectivity index (χ2v) is 5.12. The van der Waals surface area contributed by atoms with Gasteiger partial charge in [-0.25, -0.2) is 4.39 Å². The molecule has 2 aromatic rings. The summed E-state index contributed by atoms with van der Waals surface area (Å²) < 4.78 is 14.9. The lowest BCUT2D eigenvalue weighted by molar-refractivity contribution is 0.424. The van der Waals surface area contributed by atoms with Gasteiger partial charge in [0.25, 0.3) is 0 Å². The fraction of sp³-hybridized carbons (Fsp3) is 0.438. The van der Waals surface area contributed by atoms with Crippen molar-refractivity contribution >= 4 is 0 Å². The molecule has 1 atom stereocenters. The third-order valence-corrected chi connectivity index (χ3v) is 3.71. The predicted molar refractivity (Wildman–Crippen MR) is 78.9 cm³/mol. The smallest absolute Gasteiger partial charge is 0.123 e. The molecule has 1 aromatic heterocycles. The van der Waals surface area contributed by atoms with Crippen LogP contribution in [0, 0.1) is 5.82 Å². The van der Waals surface area contributed by atoms with E-state index < -0.39 is 0 Å². The summed E-state index contributed by atoms with van der Waals surface area (Å²) in [6.07, 6.45) is 4.83. The predicted octanol–water partition coefficient (Wildman–Crippen LogP) is 3.63. The molecule has 1 aromatic carbocycles. The lowest BCUT2D eigenvalue weighted by Gasteiger charge is -2.13. The molecule has 0 aliphatic rings. The number of benzene rings is 1. The molecule has 0 bridgehead atoms. The first-order valence-electron chi connectivity index (χ1n) is 7.19. The zero-order valence-electron chi connectivity index (χ0n) is 12.1. The second kappa shape index (κ2) is 6.66. The molecular formula is C16H22FN3. The van der Waals surface area contributed by atoms with Crippen molar-refractivity contribution in [2.75, 3.05) is 0 Å². The van der Waals surface area contributed by atoms with Crippen molar-refractivity contribution in [1.29, 1.82) is 0 Å². The quantitative estimate of drug-likeness (QED) is 0.875. The summed E-state index contributed by atoms with van der Waals surface area (Å²) in [6.45, 7) is 4.33. The van der Waals surface area contributed by atoms with Crippen molar-refractivity contribution in [3.8, 4) is 0 Å². The topological polar surface area (TPSA) is 43.8 Å². The molecule has 0 saturated heterocycles. The number of nitrogens with two attached hydrogens (primary N) is 1. The molecule has 108 valence electrons. The number of aromatic nitrogens is 2. The van der Waals surface area contributed by atoms with Crippen LogP contribution < -0.4 is 5.73 Å². The standard InChI is InChI=1S/C16H22FN3/c1-3-15(4-2)20-10-9-14(19-20)11-16(18)12-5-7-13(17)8-6-12/h5-10,15-16H,3-4,11,18H2,1-2H3. The molecule has 0 aliphatic carbocycles. The molecule has 0 radical (unpaired) electrons. The van der Waals surface area contributed by atoms with Gasteiger partial charge in [-0.15, -0.1) is 0 Å². The van der Waals surface area contributed by atoms with E-state index in [9.17, 15) is 4.39 Å². The van der Waals surface area contributed by atoms with Gasteiger partial charge in [-0.1, -0.05) is 26.0 Å². The van der Waals surface area contributed by atoms with Gasteiger partial charge in [-0.05, 0) is 36.6 Å². The molecule has 0 spiro atoms. The molecule has 0 aliphatic heterocycles. The molecule has 1 heterocycles. The molecule has 20 heavy (non-hydrogen) atoms. The van der Waals surface area contributed by atoms with Crippen LogP contribution >= 0.6 is 0 Å². The molecule has 2 N–H and O–H groups in total. The van der Waals surface area contributed by atoms with Crippen LogP contribution in [0.25, 0.3) is 0 Å². The van der Waals surface area contributed by atoms with Crippen LogP contribution in [0.4, 0.5) is 4.39 Å². The number of nitrogens with zero attached hydrogens (tertiary/aromatic N) is 2. The van der Waals surface area contributed by atoms with Gasteiger partial charge in [0.05, 0.1) is 11.7 Å². The maximum Gasteiger partial charge on any atom is 0.123 e. The number of hydrogen-bond acceptors (Lipinski definition) is 2. The van der Waals surface area contributed by atoms with Crippen LogP contribution in [0.15, 0.2) is 36.5 Å². The highest BCUT2D eigenvalue weighted by molar-refractivity contribution is 5.21. The molecule has 2 rings (SSSR count). The van der Waals surface area contributed by atoms with E-state index in [4.69, 9.17) is 5.73 Å². The van der Waals surface area contributed by atoms with Crippen molar-refractivity contribution in [2.45, 2.75) is 45.2 Å². The van der Waals surface area contributed by atoms with Crippen molar-refractivity contribution in [2.24, 2.45) is 5.73 Å². The Morgan fingerprint density at radius 3 is 2.40 bits per heavy atom. The normalized spacial score (nSPS) is 12.8. The van der Waals surface area contributed by atoms with E-state index in [0.717, 1.165) is 24.1 Å². The average Bonchev–Trinajstić information content (AvgIpc) is 2.89. The molecule has 1 unspecified atom stereocenters. The van der Waals surface area contributed by atoms with Gasteiger partial charge in [-0.2, -0.15) is 5.10 Å². The van der Waals surface area contributed by atoms with E-state index in [2.05, 4.69) is 18.9 Å². The SMILES string of the molecule is CCC(CC)n1ccc(CC(N)c2ccc(F)cc2)n1. The third kappa shape index (κ3) is 3.45. The van der Waals surface area contributed by atoms with Gasteiger partial charge in [0.2, 0.25) is 0 Å². The Labute approximate surface area is 119 Å². The van der Waals surface area contributed by atoms with Crippen molar-refractivity contribution in [3.63, 3.8) is 0 Å². The largest absolute Gasteiger partial charge is 0.324 e. The van der Waals surface area contributed by atoms with Crippen LogP contribution in [0.2, 0.25) is 0 Å². The summed E-state index contributed by atoms with van der Waals surface area (Å²) in [4.78, 5) is 0. The zero-order chi connectivity index (χ0) is 14.5. The van der Waals surface area contributed by atoms with Gasteiger partial charge in [0.15, 0.2) is 0 Å². The minimum atomic E-state index is -0.237. The number of hydrogen-bond donors (Lipinski definition) is 1. The number of rotatable bonds is 6. The van der Waals surface area contributed by atoms with Gasteiger partial charge in [0.1, 0.15) is 5.82 Å². The lowest BCUT2D eigenvalue weighted by Crippen LogP contribution is -2.14. The summed E-state index contributed by atoms with van der Waals surface area (Å²) >= 11 is 0.